The molecule has 62 valence electrons. The van der Waals surface area contributed by atoms with Gasteiger partial charge in [0.05, 0.1) is 6.07 Å². The van der Waals surface area contributed by atoms with Gasteiger partial charge < -0.3 is 5.73 Å². The Morgan fingerprint density at radius 1 is 1.45 bits per heavy atom. The van der Waals surface area contributed by atoms with Gasteiger partial charge in [0, 0.05) is 32.1 Å². The van der Waals surface area contributed by atoms with E-state index in [0.717, 1.165) is 19.1 Å². The predicted octanol–water partition coefficient (Wildman–Crippen LogP) is 0.323. The van der Waals surface area contributed by atoms with Crippen molar-refractivity contribution in [3.8, 4) is 6.07 Å². The normalized spacial score (nSPS) is 16.8. The van der Waals surface area contributed by atoms with Gasteiger partial charge in [-0.25, -0.2) is 0 Å². The molecule has 1 fully saturated rings. The molecule has 11 heavy (non-hydrogen) atoms. The fourth-order valence-electron chi connectivity index (χ4n) is 1.28. The first-order valence-electron chi connectivity index (χ1n) is 4.19. The molecule has 0 radical (unpaired) electrons. The van der Waals surface area contributed by atoms with Crippen molar-refractivity contribution in [2.24, 2.45) is 5.73 Å². The van der Waals surface area contributed by atoms with Gasteiger partial charge in [-0.3, -0.25) is 4.90 Å². The molecule has 1 aliphatic carbocycles. The lowest BCUT2D eigenvalue weighted by molar-refractivity contribution is 0.277. The van der Waals surface area contributed by atoms with Crippen LogP contribution in [0.15, 0.2) is 0 Å². The molecule has 1 rings (SSSR count). The SMILES string of the molecule is N#CCCN(CCN)C1CC1. The second kappa shape index (κ2) is 4.32. The van der Waals surface area contributed by atoms with E-state index < -0.39 is 0 Å². The van der Waals surface area contributed by atoms with Crippen molar-refractivity contribution in [3.63, 3.8) is 0 Å². The summed E-state index contributed by atoms with van der Waals surface area (Å²) in [5, 5.41) is 8.38. The maximum Gasteiger partial charge on any atom is 0.0635 e. The fraction of sp³-hybridized carbons (Fsp3) is 0.875. The zero-order valence-corrected chi connectivity index (χ0v) is 6.79. The van der Waals surface area contributed by atoms with Gasteiger partial charge in [-0.05, 0) is 12.8 Å². The highest BCUT2D eigenvalue weighted by Crippen LogP contribution is 2.26. The molecule has 1 saturated carbocycles. The summed E-state index contributed by atoms with van der Waals surface area (Å²) in [4.78, 5) is 2.32. The summed E-state index contributed by atoms with van der Waals surface area (Å²) >= 11 is 0. The fourth-order valence-corrected chi connectivity index (χ4v) is 1.28. The van der Waals surface area contributed by atoms with Crippen LogP contribution in [0.1, 0.15) is 19.3 Å². The van der Waals surface area contributed by atoms with Crippen molar-refractivity contribution in [1.82, 2.24) is 4.90 Å². The number of nitrogens with zero attached hydrogens (tertiary/aromatic N) is 2. The quantitative estimate of drug-likeness (QED) is 0.619. The third kappa shape index (κ3) is 2.87. The number of rotatable bonds is 5. The molecule has 1 aliphatic rings. The third-order valence-electron chi connectivity index (χ3n) is 1.99. The summed E-state index contributed by atoms with van der Waals surface area (Å²) in [5.41, 5.74) is 5.44. The van der Waals surface area contributed by atoms with Crippen LogP contribution in [0.3, 0.4) is 0 Å². The second-order valence-corrected chi connectivity index (χ2v) is 2.96. The first-order valence-corrected chi connectivity index (χ1v) is 4.19. The molecule has 0 bridgehead atoms. The smallest absolute Gasteiger partial charge is 0.0635 e. The lowest BCUT2D eigenvalue weighted by atomic mass is 10.4. The Kier molecular flexibility index (Phi) is 3.34. The van der Waals surface area contributed by atoms with Crippen LogP contribution in [0.4, 0.5) is 0 Å². The second-order valence-electron chi connectivity index (χ2n) is 2.96. The largest absolute Gasteiger partial charge is 0.329 e. The van der Waals surface area contributed by atoms with E-state index >= 15 is 0 Å². The molecule has 2 N–H and O–H groups in total. The Balaban J connectivity index is 2.16. The molecule has 0 spiro atoms. The van der Waals surface area contributed by atoms with Gasteiger partial charge in [-0.1, -0.05) is 0 Å². The van der Waals surface area contributed by atoms with Gasteiger partial charge >= 0.3 is 0 Å². The average Bonchev–Trinajstić information content (AvgIpc) is 2.80. The molecule has 0 aliphatic heterocycles. The van der Waals surface area contributed by atoms with Gasteiger partial charge in [-0.2, -0.15) is 5.26 Å². The Labute approximate surface area is 67.8 Å². The van der Waals surface area contributed by atoms with Gasteiger partial charge in [-0.15, -0.1) is 0 Å². The molecule has 0 amide bonds. The monoisotopic (exact) mass is 153 g/mol. The molecule has 0 heterocycles. The maximum absolute atomic E-state index is 8.38. The molecular formula is C8H15N3. The molecule has 0 aromatic heterocycles. The molecule has 0 aromatic rings. The molecule has 0 saturated heterocycles. The number of hydrogen-bond donors (Lipinski definition) is 1. The number of hydrogen-bond acceptors (Lipinski definition) is 3. The number of nitriles is 1. The van der Waals surface area contributed by atoms with E-state index in [-0.39, 0.29) is 0 Å². The van der Waals surface area contributed by atoms with Crippen LogP contribution in [-0.2, 0) is 0 Å². The van der Waals surface area contributed by atoms with Crippen LogP contribution in [0, 0.1) is 11.3 Å². The lowest BCUT2D eigenvalue weighted by Gasteiger charge is -2.18. The van der Waals surface area contributed by atoms with Crippen LogP contribution in [0.2, 0.25) is 0 Å². The van der Waals surface area contributed by atoms with E-state index in [2.05, 4.69) is 11.0 Å². The topological polar surface area (TPSA) is 53.0 Å². The van der Waals surface area contributed by atoms with Crippen molar-refractivity contribution in [3.05, 3.63) is 0 Å². The third-order valence-corrected chi connectivity index (χ3v) is 1.99. The van der Waals surface area contributed by atoms with Crippen molar-refractivity contribution >= 4 is 0 Å². The van der Waals surface area contributed by atoms with E-state index in [4.69, 9.17) is 11.0 Å². The standard InChI is InChI=1S/C8H15N3/c9-4-1-6-11(7-5-10)8-2-3-8/h8H,1-3,5-7,10H2. The van der Waals surface area contributed by atoms with E-state index in [9.17, 15) is 0 Å². The lowest BCUT2D eigenvalue weighted by Crippen LogP contribution is -2.32. The van der Waals surface area contributed by atoms with E-state index in [0.29, 0.717) is 13.0 Å². The summed E-state index contributed by atoms with van der Waals surface area (Å²) in [5.74, 6) is 0. The molecule has 0 unspecified atom stereocenters. The van der Waals surface area contributed by atoms with Crippen LogP contribution < -0.4 is 5.73 Å². The van der Waals surface area contributed by atoms with Crippen LogP contribution >= 0.6 is 0 Å². The first-order chi connectivity index (χ1) is 5.38. The van der Waals surface area contributed by atoms with Crippen molar-refractivity contribution < 1.29 is 0 Å². The first kappa shape index (κ1) is 8.51. The molecule has 0 aromatic carbocycles. The van der Waals surface area contributed by atoms with Crippen LogP contribution in [0.5, 0.6) is 0 Å². The van der Waals surface area contributed by atoms with E-state index in [1.807, 2.05) is 0 Å². The number of nitrogens with two attached hydrogens (primary N) is 1. The minimum Gasteiger partial charge on any atom is -0.329 e. The zero-order chi connectivity index (χ0) is 8.10. The Bertz CT molecular complexity index is 146. The van der Waals surface area contributed by atoms with Crippen LogP contribution in [0.25, 0.3) is 0 Å². The highest BCUT2D eigenvalue weighted by atomic mass is 15.2. The molecular weight excluding hydrogens is 138 g/mol. The summed E-state index contributed by atoms with van der Waals surface area (Å²) in [7, 11) is 0. The highest BCUT2D eigenvalue weighted by molar-refractivity contribution is 4.86. The van der Waals surface area contributed by atoms with Gasteiger partial charge in [0.25, 0.3) is 0 Å². The Morgan fingerprint density at radius 2 is 2.18 bits per heavy atom. The minimum absolute atomic E-state index is 0.635. The highest BCUT2D eigenvalue weighted by Gasteiger charge is 2.27. The maximum atomic E-state index is 8.38. The summed E-state index contributed by atoms with van der Waals surface area (Å²) in [6, 6.07) is 2.90. The molecule has 3 heteroatoms. The van der Waals surface area contributed by atoms with E-state index in [1.165, 1.54) is 12.8 Å². The van der Waals surface area contributed by atoms with Gasteiger partial charge in [0.1, 0.15) is 0 Å². The summed E-state index contributed by atoms with van der Waals surface area (Å²) in [6.07, 6.45) is 3.23. The summed E-state index contributed by atoms with van der Waals surface area (Å²) < 4.78 is 0. The van der Waals surface area contributed by atoms with Gasteiger partial charge in [0.15, 0.2) is 0 Å². The predicted molar refractivity (Wildman–Crippen MR) is 43.9 cm³/mol. The Morgan fingerprint density at radius 3 is 2.64 bits per heavy atom. The van der Waals surface area contributed by atoms with Crippen molar-refractivity contribution in [2.75, 3.05) is 19.6 Å². The Hall–Kier alpha value is -0.590. The minimum atomic E-state index is 0.635. The van der Waals surface area contributed by atoms with Crippen LogP contribution in [-0.4, -0.2) is 30.6 Å². The van der Waals surface area contributed by atoms with Crippen molar-refractivity contribution in [2.45, 2.75) is 25.3 Å². The van der Waals surface area contributed by atoms with Gasteiger partial charge in [0.2, 0.25) is 0 Å². The van der Waals surface area contributed by atoms with E-state index in [1.54, 1.807) is 0 Å². The average molecular weight is 153 g/mol. The summed E-state index contributed by atoms with van der Waals surface area (Å²) in [6.45, 7) is 2.56. The zero-order valence-electron chi connectivity index (χ0n) is 6.79. The molecule has 3 nitrogen and oxygen atoms in total. The molecule has 0 atom stereocenters. The van der Waals surface area contributed by atoms with Crippen molar-refractivity contribution in [1.29, 1.82) is 5.26 Å².